The van der Waals surface area contributed by atoms with E-state index in [0.29, 0.717) is 25.9 Å². The second-order valence-electron chi connectivity index (χ2n) is 5.60. The number of carbonyl (C=O) groups excluding carboxylic acids is 1. The number of rotatable bonds is 2. The molecule has 0 bridgehead atoms. The number of nitrogens with one attached hydrogen (secondary N) is 1. The number of amides is 1. The first kappa shape index (κ1) is 12.2. The van der Waals surface area contributed by atoms with Crippen molar-refractivity contribution in [3.8, 4) is 0 Å². The number of aliphatic hydroxyl groups is 1. The number of carbonyl (C=O) groups is 1. The minimum absolute atomic E-state index is 0.0857. The van der Waals surface area contributed by atoms with Gasteiger partial charge < -0.3 is 15.0 Å². The molecule has 1 amide bonds. The van der Waals surface area contributed by atoms with E-state index in [0.717, 1.165) is 16.5 Å². The quantitative estimate of drug-likeness (QED) is 0.861. The summed E-state index contributed by atoms with van der Waals surface area (Å²) in [6.07, 6.45) is 2.95. The van der Waals surface area contributed by atoms with E-state index in [4.69, 9.17) is 0 Å². The zero-order chi connectivity index (χ0) is 13.5. The molecule has 0 saturated carbocycles. The number of H-pyrrole nitrogens is 1. The van der Waals surface area contributed by atoms with E-state index in [1.165, 1.54) is 0 Å². The first-order valence-corrected chi connectivity index (χ1v) is 6.60. The molecule has 2 heterocycles. The Hall–Kier alpha value is -1.81. The normalized spacial score (nSPS) is 23.2. The molecule has 100 valence electrons. The summed E-state index contributed by atoms with van der Waals surface area (Å²) in [7, 11) is 0. The zero-order valence-electron chi connectivity index (χ0n) is 11.0. The van der Waals surface area contributed by atoms with Crippen LogP contribution in [0.3, 0.4) is 0 Å². The van der Waals surface area contributed by atoms with Gasteiger partial charge in [0.05, 0.1) is 12.0 Å². The molecule has 0 spiro atoms. The molecule has 0 radical (unpaired) electrons. The standard InChI is InChI=1S/C15H18N2O2/c1-15(19)6-7-17(10-15)14(18)8-11-9-16-13-5-3-2-4-12(11)13/h2-5,9,16,19H,6-8,10H2,1H3. The number of likely N-dealkylation sites (tertiary alicyclic amines) is 1. The van der Waals surface area contributed by atoms with Gasteiger partial charge in [-0.15, -0.1) is 0 Å². The highest BCUT2D eigenvalue weighted by atomic mass is 16.3. The Balaban J connectivity index is 1.77. The third-order valence-electron chi connectivity index (χ3n) is 3.82. The second kappa shape index (κ2) is 4.38. The number of benzene rings is 1. The fraction of sp³-hybridized carbons (Fsp3) is 0.400. The lowest BCUT2D eigenvalue weighted by Crippen LogP contribution is -2.34. The molecule has 1 aromatic carbocycles. The lowest BCUT2D eigenvalue weighted by Gasteiger charge is -2.18. The number of hydrogen-bond acceptors (Lipinski definition) is 2. The Morgan fingerprint density at radius 1 is 1.47 bits per heavy atom. The van der Waals surface area contributed by atoms with Crippen LogP contribution in [0.5, 0.6) is 0 Å². The van der Waals surface area contributed by atoms with Crippen molar-refractivity contribution >= 4 is 16.8 Å². The van der Waals surface area contributed by atoms with Crippen LogP contribution < -0.4 is 0 Å². The van der Waals surface area contributed by atoms with Gasteiger partial charge in [0.2, 0.25) is 5.91 Å². The molecular formula is C15H18N2O2. The van der Waals surface area contributed by atoms with Gasteiger partial charge in [-0.1, -0.05) is 18.2 Å². The third kappa shape index (κ3) is 2.36. The first-order chi connectivity index (χ1) is 9.05. The lowest BCUT2D eigenvalue weighted by molar-refractivity contribution is -0.130. The Kier molecular flexibility index (Phi) is 2.82. The van der Waals surface area contributed by atoms with Crippen LogP contribution in [0, 0.1) is 0 Å². The average molecular weight is 258 g/mol. The van der Waals surface area contributed by atoms with Crippen LogP contribution in [0.4, 0.5) is 0 Å². The SMILES string of the molecule is CC1(O)CCN(C(=O)Cc2c[nH]c3ccccc23)C1. The van der Waals surface area contributed by atoms with E-state index in [1.54, 1.807) is 11.8 Å². The second-order valence-corrected chi connectivity index (χ2v) is 5.60. The van der Waals surface area contributed by atoms with Crippen molar-refractivity contribution in [2.75, 3.05) is 13.1 Å². The van der Waals surface area contributed by atoms with Crippen LogP contribution in [0.1, 0.15) is 18.9 Å². The summed E-state index contributed by atoms with van der Waals surface area (Å²) in [5.41, 5.74) is 1.35. The molecule has 1 aromatic heterocycles. The van der Waals surface area contributed by atoms with Crippen LogP contribution >= 0.6 is 0 Å². The Morgan fingerprint density at radius 2 is 2.26 bits per heavy atom. The zero-order valence-corrected chi connectivity index (χ0v) is 11.0. The summed E-state index contributed by atoms with van der Waals surface area (Å²) in [5.74, 6) is 0.0857. The van der Waals surface area contributed by atoms with E-state index in [1.807, 2.05) is 30.5 Å². The highest BCUT2D eigenvalue weighted by Crippen LogP contribution is 2.23. The molecule has 3 rings (SSSR count). The molecule has 1 unspecified atom stereocenters. The highest BCUT2D eigenvalue weighted by Gasteiger charge is 2.33. The number of β-amino-alcohol motifs (C(OH)–C–C–N with tert-alkyl or cyclic N) is 1. The van der Waals surface area contributed by atoms with Crippen molar-refractivity contribution in [1.82, 2.24) is 9.88 Å². The third-order valence-corrected chi connectivity index (χ3v) is 3.82. The van der Waals surface area contributed by atoms with Crippen LogP contribution in [-0.4, -0.2) is 39.6 Å². The topological polar surface area (TPSA) is 56.3 Å². The van der Waals surface area contributed by atoms with E-state index in [2.05, 4.69) is 4.98 Å². The largest absolute Gasteiger partial charge is 0.388 e. The minimum atomic E-state index is -0.726. The van der Waals surface area contributed by atoms with Gasteiger partial charge in [-0.2, -0.15) is 0 Å². The molecule has 2 aromatic rings. The number of hydrogen-bond donors (Lipinski definition) is 2. The van der Waals surface area contributed by atoms with Gasteiger partial charge in [-0.3, -0.25) is 4.79 Å². The van der Waals surface area contributed by atoms with Crippen molar-refractivity contribution in [2.45, 2.75) is 25.4 Å². The summed E-state index contributed by atoms with van der Waals surface area (Å²) in [6, 6.07) is 7.98. The predicted octanol–water partition coefficient (Wildman–Crippen LogP) is 1.69. The monoisotopic (exact) mass is 258 g/mol. The van der Waals surface area contributed by atoms with E-state index >= 15 is 0 Å². The van der Waals surface area contributed by atoms with E-state index in [-0.39, 0.29) is 5.91 Å². The van der Waals surface area contributed by atoms with Gasteiger partial charge in [0.25, 0.3) is 0 Å². The predicted molar refractivity (Wildman–Crippen MR) is 73.8 cm³/mol. The maximum Gasteiger partial charge on any atom is 0.227 e. The van der Waals surface area contributed by atoms with Gasteiger partial charge in [-0.25, -0.2) is 0 Å². The molecule has 2 N–H and O–H groups in total. The fourth-order valence-corrected chi connectivity index (χ4v) is 2.71. The van der Waals surface area contributed by atoms with Gasteiger partial charge >= 0.3 is 0 Å². The van der Waals surface area contributed by atoms with Gasteiger partial charge in [0.1, 0.15) is 0 Å². The Labute approximate surface area is 112 Å². The molecule has 4 nitrogen and oxygen atoms in total. The van der Waals surface area contributed by atoms with Gasteiger partial charge in [0.15, 0.2) is 0 Å². The number of aromatic nitrogens is 1. The number of fused-ring (bicyclic) bond motifs is 1. The fourth-order valence-electron chi connectivity index (χ4n) is 2.71. The van der Waals surface area contributed by atoms with Gasteiger partial charge in [0, 0.05) is 30.2 Å². The summed E-state index contributed by atoms with van der Waals surface area (Å²) < 4.78 is 0. The molecule has 1 fully saturated rings. The summed E-state index contributed by atoms with van der Waals surface area (Å²) in [4.78, 5) is 17.2. The van der Waals surface area contributed by atoms with Crippen molar-refractivity contribution in [1.29, 1.82) is 0 Å². The molecule has 4 heteroatoms. The molecule has 1 atom stereocenters. The molecule has 1 saturated heterocycles. The van der Waals surface area contributed by atoms with E-state index in [9.17, 15) is 9.90 Å². The number of para-hydroxylation sites is 1. The van der Waals surface area contributed by atoms with Gasteiger partial charge in [-0.05, 0) is 25.0 Å². The summed E-state index contributed by atoms with van der Waals surface area (Å²) in [6.45, 7) is 2.87. The maximum absolute atomic E-state index is 12.2. The van der Waals surface area contributed by atoms with Crippen molar-refractivity contribution in [3.63, 3.8) is 0 Å². The highest BCUT2D eigenvalue weighted by molar-refractivity contribution is 5.89. The van der Waals surface area contributed by atoms with Crippen molar-refractivity contribution < 1.29 is 9.90 Å². The molecule has 0 aliphatic carbocycles. The summed E-state index contributed by atoms with van der Waals surface area (Å²) >= 11 is 0. The van der Waals surface area contributed by atoms with Crippen molar-refractivity contribution in [2.24, 2.45) is 0 Å². The van der Waals surface area contributed by atoms with Crippen LogP contribution in [0.25, 0.3) is 10.9 Å². The number of aromatic amines is 1. The minimum Gasteiger partial charge on any atom is -0.388 e. The number of nitrogens with zero attached hydrogens (tertiary/aromatic N) is 1. The molecule has 1 aliphatic rings. The summed E-state index contributed by atoms with van der Waals surface area (Å²) in [5, 5.41) is 11.0. The van der Waals surface area contributed by atoms with E-state index < -0.39 is 5.60 Å². The lowest BCUT2D eigenvalue weighted by atomic mass is 10.1. The molecule has 19 heavy (non-hydrogen) atoms. The maximum atomic E-state index is 12.2. The average Bonchev–Trinajstić information content (AvgIpc) is 2.94. The van der Waals surface area contributed by atoms with Crippen LogP contribution in [-0.2, 0) is 11.2 Å². The molecular weight excluding hydrogens is 240 g/mol. The Morgan fingerprint density at radius 3 is 3.00 bits per heavy atom. The Bertz CT molecular complexity index is 615. The smallest absolute Gasteiger partial charge is 0.227 e. The van der Waals surface area contributed by atoms with Crippen LogP contribution in [0.2, 0.25) is 0 Å². The first-order valence-electron chi connectivity index (χ1n) is 6.60. The van der Waals surface area contributed by atoms with Crippen LogP contribution in [0.15, 0.2) is 30.5 Å². The van der Waals surface area contributed by atoms with Crippen molar-refractivity contribution in [3.05, 3.63) is 36.0 Å². The molecule has 1 aliphatic heterocycles.